The third kappa shape index (κ3) is 3.77. The van der Waals surface area contributed by atoms with Gasteiger partial charge in [-0.25, -0.2) is 0 Å². The lowest BCUT2D eigenvalue weighted by Crippen LogP contribution is -2.46. The highest BCUT2D eigenvalue weighted by Crippen LogP contribution is 2.05. The molecule has 1 aliphatic heterocycles. The monoisotopic (exact) mass is 241 g/mol. The Balaban J connectivity index is 2.45. The molecular weight excluding hydrogens is 230 g/mol. The summed E-state index contributed by atoms with van der Waals surface area (Å²) in [6.45, 7) is 1.13. The molecule has 7 heteroatoms. The van der Waals surface area contributed by atoms with Crippen LogP contribution in [0.3, 0.4) is 0 Å². The standard InChI is InChI=1S/C9H11N3O3S/c1-6(13)10-11-8(14)5-12-3-2-7(16)4-9(12)15/h2-3H,4-5H2,1H3,(H,10,13)(H,11,14). The van der Waals surface area contributed by atoms with E-state index in [0.29, 0.717) is 4.86 Å². The van der Waals surface area contributed by atoms with Gasteiger partial charge in [0.15, 0.2) is 0 Å². The third-order valence-electron chi connectivity index (χ3n) is 1.78. The van der Waals surface area contributed by atoms with Gasteiger partial charge in [0.1, 0.15) is 6.54 Å². The fourth-order valence-electron chi connectivity index (χ4n) is 1.06. The van der Waals surface area contributed by atoms with Gasteiger partial charge in [-0.3, -0.25) is 25.2 Å². The van der Waals surface area contributed by atoms with E-state index in [9.17, 15) is 14.4 Å². The van der Waals surface area contributed by atoms with Crippen LogP contribution in [-0.4, -0.2) is 34.0 Å². The van der Waals surface area contributed by atoms with Crippen LogP contribution >= 0.6 is 12.2 Å². The molecule has 1 heterocycles. The van der Waals surface area contributed by atoms with Gasteiger partial charge in [-0.2, -0.15) is 0 Å². The smallest absolute Gasteiger partial charge is 0.258 e. The van der Waals surface area contributed by atoms with Crippen LogP contribution in [0.1, 0.15) is 13.3 Å². The number of rotatable bonds is 2. The second-order valence-electron chi connectivity index (χ2n) is 3.21. The van der Waals surface area contributed by atoms with E-state index in [-0.39, 0.29) is 24.8 Å². The number of amides is 3. The molecule has 16 heavy (non-hydrogen) atoms. The van der Waals surface area contributed by atoms with Crippen molar-refractivity contribution in [3.05, 3.63) is 12.3 Å². The van der Waals surface area contributed by atoms with Crippen molar-refractivity contribution in [3.8, 4) is 0 Å². The van der Waals surface area contributed by atoms with Gasteiger partial charge in [0, 0.05) is 18.0 Å². The lowest BCUT2D eigenvalue weighted by atomic mass is 10.2. The Morgan fingerprint density at radius 3 is 2.75 bits per heavy atom. The molecule has 0 spiro atoms. The molecule has 0 aromatic heterocycles. The molecule has 0 aromatic carbocycles. The fourth-order valence-corrected chi connectivity index (χ4v) is 1.24. The average molecular weight is 241 g/mol. The zero-order chi connectivity index (χ0) is 12.1. The molecule has 1 aliphatic rings. The molecule has 0 atom stereocenters. The van der Waals surface area contributed by atoms with Crippen LogP contribution in [0.4, 0.5) is 0 Å². The number of thiocarbonyl (C=S) groups is 1. The predicted octanol–water partition coefficient (Wildman–Crippen LogP) is -0.730. The van der Waals surface area contributed by atoms with E-state index in [1.54, 1.807) is 6.08 Å². The first-order chi connectivity index (χ1) is 7.49. The van der Waals surface area contributed by atoms with Crippen LogP contribution < -0.4 is 10.9 Å². The minimum atomic E-state index is -0.471. The first kappa shape index (κ1) is 12.3. The number of allylic oxidation sites excluding steroid dienone is 1. The van der Waals surface area contributed by atoms with Crippen LogP contribution in [-0.2, 0) is 14.4 Å². The number of nitrogens with one attached hydrogen (secondary N) is 2. The second kappa shape index (κ2) is 5.36. The van der Waals surface area contributed by atoms with Crippen molar-refractivity contribution in [2.45, 2.75) is 13.3 Å². The summed E-state index contributed by atoms with van der Waals surface area (Å²) in [7, 11) is 0. The first-order valence-corrected chi connectivity index (χ1v) is 4.96. The van der Waals surface area contributed by atoms with Crippen molar-refractivity contribution in [2.24, 2.45) is 0 Å². The highest BCUT2D eigenvalue weighted by Gasteiger charge is 2.19. The first-order valence-electron chi connectivity index (χ1n) is 4.55. The Labute approximate surface area is 97.6 Å². The van der Waals surface area contributed by atoms with E-state index >= 15 is 0 Å². The van der Waals surface area contributed by atoms with Gasteiger partial charge < -0.3 is 4.90 Å². The van der Waals surface area contributed by atoms with E-state index in [0.717, 1.165) is 0 Å². The molecule has 0 aliphatic carbocycles. The number of carbonyl (C=O) groups is 3. The zero-order valence-electron chi connectivity index (χ0n) is 8.65. The molecule has 0 fully saturated rings. The van der Waals surface area contributed by atoms with E-state index in [1.807, 2.05) is 0 Å². The molecule has 0 bridgehead atoms. The number of hydrogen-bond donors (Lipinski definition) is 2. The summed E-state index contributed by atoms with van der Waals surface area (Å²) in [4.78, 5) is 35.0. The summed E-state index contributed by atoms with van der Waals surface area (Å²) >= 11 is 4.84. The van der Waals surface area contributed by atoms with Crippen LogP contribution in [0.5, 0.6) is 0 Å². The summed E-state index contributed by atoms with van der Waals surface area (Å²) in [6.07, 6.45) is 3.20. The lowest BCUT2D eigenvalue weighted by molar-refractivity contribution is -0.134. The quantitative estimate of drug-likeness (QED) is 0.493. The molecule has 0 aromatic rings. The number of hydrazine groups is 1. The molecule has 1 rings (SSSR count). The Kier molecular flexibility index (Phi) is 4.12. The summed E-state index contributed by atoms with van der Waals surface area (Å²) in [5, 5.41) is 0. The minimum Gasteiger partial charge on any atom is -0.309 e. The largest absolute Gasteiger partial charge is 0.309 e. The van der Waals surface area contributed by atoms with Gasteiger partial charge in [-0.15, -0.1) is 0 Å². The van der Waals surface area contributed by atoms with Crippen LogP contribution in [0.25, 0.3) is 0 Å². The number of hydrogen-bond acceptors (Lipinski definition) is 4. The summed E-state index contributed by atoms with van der Waals surface area (Å²) in [5.41, 5.74) is 4.29. The SMILES string of the molecule is CC(=O)NNC(=O)CN1C=CC(=S)CC1=O. The molecule has 0 unspecified atom stereocenters. The van der Waals surface area contributed by atoms with Gasteiger partial charge in [0.25, 0.3) is 5.91 Å². The molecule has 2 N–H and O–H groups in total. The molecule has 86 valence electrons. The normalized spacial score (nSPS) is 14.9. The fraction of sp³-hybridized carbons (Fsp3) is 0.333. The van der Waals surface area contributed by atoms with Crippen molar-refractivity contribution in [1.29, 1.82) is 0 Å². The summed E-state index contributed by atoms with van der Waals surface area (Å²) < 4.78 is 0. The Hall–Kier alpha value is -1.76. The molecule has 0 saturated carbocycles. The van der Waals surface area contributed by atoms with Crippen LogP contribution in [0.15, 0.2) is 12.3 Å². The predicted molar refractivity (Wildman–Crippen MR) is 60.0 cm³/mol. The summed E-state index contributed by atoms with van der Waals surface area (Å²) in [6, 6.07) is 0. The Morgan fingerprint density at radius 1 is 1.50 bits per heavy atom. The highest BCUT2D eigenvalue weighted by molar-refractivity contribution is 7.80. The van der Waals surface area contributed by atoms with E-state index < -0.39 is 5.91 Å². The highest BCUT2D eigenvalue weighted by atomic mass is 32.1. The minimum absolute atomic E-state index is 0.138. The second-order valence-corrected chi connectivity index (χ2v) is 3.73. The molecular formula is C9H11N3O3S. The topological polar surface area (TPSA) is 78.5 Å². The molecule has 0 radical (unpaired) electrons. The maximum Gasteiger partial charge on any atom is 0.258 e. The average Bonchev–Trinajstić information content (AvgIpc) is 2.19. The third-order valence-corrected chi connectivity index (χ3v) is 2.06. The van der Waals surface area contributed by atoms with E-state index in [2.05, 4.69) is 10.9 Å². The Morgan fingerprint density at radius 2 is 2.19 bits per heavy atom. The molecule has 6 nitrogen and oxygen atoms in total. The van der Waals surface area contributed by atoms with Gasteiger partial charge in [-0.1, -0.05) is 12.2 Å². The van der Waals surface area contributed by atoms with Gasteiger partial charge >= 0.3 is 0 Å². The zero-order valence-corrected chi connectivity index (χ0v) is 9.47. The van der Waals surface area contributed by atoms with Gasteiger partial charge in [0.05, 0.1) is 6.42 Å². The van der Waals surface area contributed by atoms with Crippen LogP contribution in [0, 0.1) is 0 Å². The van der Waals surface area contributed by atoms with Crippen molar-refractivity contribution in [2.75, 3.05) is 6.54 Å². The lowest BCUT2D eigenvalue weighted by Gasteiger charge is -2.20. The van der Waals surface area contributed by atoms with Crippen LogP contribution in [0.2, 0.25) is 0 Å². The maximum atomic E-state index is 11.4. The van der Waals surface area contributed by atoms with Crippen molar-refractivity contribution in [3.63, 3.8) is 0 Å². The van der Waals surface area contributed by atoms with E-state index in [1.165, 1.54) is 18.0 Å². The van der Waals surface area contributed by atoms with Crippen molar-refractivity contribution >= 4 is 34.8 Å². The maximum absolute atomic E-state index is 11.4. The van der Waals surface area contributed by atoms with Gasteiger partial charge in [-0.05, 0) is 6.08 Å². The molecule has 0 saturated heterocycles. The number of nitrogens with zero attached hydrogens (tertiary/aromatic N) is 1. The van der Waals surface area contributed by atoms with Gasteiger partial charge in [0.2, 0.25) is 11.8 Å². The molecule has 3 amide bonds. The van der Waals surface area contributed by atoms with Crippen molar-refractivity contribution < 1.29 is 14.4 Å². The Bertz CT molecular complexity index is 378. The number of carbonyl (C=O) groups excluding carboxylic acids is 3. The van der Waals surface area contributed by atoms with Crippen molar-refractivity contribution in [1.82, 2.24) is 15.8 Å². The summed E-state index contributed by atoms with van der Waals surface area (Å²) in [5.74, 6) is -1.08. The van der Waals surface area contributed by atoms with E-state index in [4.69, 9.17) is 12.2 Å².